The van der Waals surface area contributed by atoms with Gasteiger partial charge in [-0.25, -0.2) is 13.6 Å². The minimum atomic E-state index is -4.36. The third-order valence-electron chi connectivity index (χ3n) is 1.91. The fourth-order valence-corrected chi connectivity index (χ4v) is 1.65. The molecule has 0 aliphatic rings. The van der Waals surface area contributed by atoms with Gasteiger partial charge >= 0.3 is 6.18 Å². The van der Waals surface area contributed by atoms with E-state index in [9.17, 15) is 21.6 Å². The smallest absolute Gasteiger partial charge is 0.411 e. The number of ether oxygens (including phenoxy) is 2. The van der Waals surface area contributed by atoms with Crippen molar-refractivity contribution in [3.8, 4) is 5.75 Å². The summed E-state index contributed by atoms with van der Waals surface area (Å²) in [7, 11) is -3.77. The average molecular weight is 299 g/mol. The molecule has 1 rings (SSSR count). The van der Waals surface area contributed by atoms with Crippen molar-refractivity contribution in [3.63, 3.8) is 0 Å². The summed E-state index contributed by atoms with van der Waals surface area (Å²) in [5.41, 5.74) is 0. The largest absolute Gasteiger partial charge is 0.491 e. The van der Waals surface area contributed by atoms with Crippen LogP contribution in [0.4, 0.5) is 13.2 Å². The van der Waals surface area contributed by atoms with Gasteiger partial charge in [0.25, 0.3) is 0 Å². The first-order chi connectivity index (χ1) is 8.68. The topological polar surface area (TPSA) is 78.6 Å². The third-order valence-corrected chi connectivity index (χ3v) is 2.84. The van der Waals surface area contributed by atoms with Gasteiger partial charge in [0.1, 0.15) is 19.0 Å². The molecule has 0 unspecified atom stereocenters. The Hall–Kier alpha value is -1.32. The number of rotatable bonds is 6. The number of sulfonamides is 1. The van der Waals surface area contributed by atoms with Crippen molar-refractivity contribution in [2.24, 2.45) is 5.14 Å². The quantitative estimate of drug-likeness (QED) is 0.803. The van der Waals surface area contributed by atoms with E-state index in [0.717, 1.165) is 0 Å². The van der Waals surface area contributed by atoms with Crippen molar-refractivity contribution in [2.45, 2.75) is 11.1 Å². The van der Waals surface area contributed by atoms with Crippen molar-refractivity contribution in [3.05, 3.63) is 24.3 Å². The van der Waals surface area contributed by atoms with Crippen LogP contribution in [0, 0.1) is 0 Å². The maximum Gasteiger partial charge on any atom is 0.411 e. The Morgan fingerprint density at radius 2 is 1.68 bits per heavy atom. The van der Waals surface area contributed by atoms with Crippen LogP contribution < -0.4 is 9.88 Å². The maximum atomic E-state index is 11.7. The number of hydrogen-bond donors (Lipinski definition) is 1. The molecule has 0 aromatic heterocycles. The maximum absolute atomic E-state index is 11.7. The van der Waals surface area contributed by atoms with Gasteiger partial charge in [0, 0.05) is 0 Å². The lowest BCUT2D eigenvalue weighted by Crippen LogP contribution is -2.19. The standard InChI is InChI=1S/C10H12F3NO4S/c11-10(12,13)7-17-5-6-18-8-1-3-9(4-2-8)19(14,15)16/h1-4H,5-7H2,(H2,14,15,16). The Kier molecular flexibility index (Phi) is 5.15. The molecule has 0 bridgehead atoms. The zero-order valence-electron chi connectivity index (χ0n) is 9.68. The molecular weight excluding hydrogens is 287 g/mol. The molecule has 9 heteroatoms. The van der Waals surface area contributed by atoms with Gasteiger partial charge in [0.15, 0.2) is 0 Å². The second-order valence-corrected chi connectivity index (χ2v) is 5.09. The first-order valence-electron chi connectivity index (χ1n) is 5.09. The van der Waals surface area contributed by atoms with Gasteiger partial charge in [-0.15, -0.1) is 0 Å². The van der Waals surface area contributed by atoms with E-state index >= 15 is 0 Å². The monoisotopic (exact) mass is 299 g/mol. The number of benzene rings is 1. The molecule has 1 aromatic carbocycles. The van der Waals surface area contributed by atoms with E-state index < -0.39 is 22.8 Å². The fourth-order valence-electron chi connectivity index (χ4n) is 1.13. The van der Waals surface area contributed by atoms with Crippen LogP contribution in [-0.4, -0.2) is 34.4 Å². The van der Waals surface area contributed by atoms with Gasteiger partial charge in [-0.1, -0.05) is 0 Å². The molecule has 0 fully saturated rings. The van der Waals surface area contributed by atoms with Crippen LogP contribution in [0.1, 0.15) is 0 Å². The Bertz CT molecular complexity index is 499. The van der Waals surface area contributed by atoms with Crippen LogP contribution in [0.25, 0.3) is 0 Å². The summed E-state index contributed by atoms with van der Waals surface area (Å²) < 4.78 is 66.5. The third kappa shape index (κ3) is 6.41. The van der Waals surface area contributed by atoms with E-state index in [1.807, 2.05) is 0 Å². The van der Waals surface area contributed by atoms with Crippen molar-refractivity contribution < 1.29 is 31.1 Å². The first-order valence-corrected chi connectivity index (χ1v) is 6.63. The molecule has 108 valence electrons. The predicted molar refractivity (Wildman–Crippen MR) is 60.2 cm³/mol. The molecule has 0 radical (unpaired) electrons. The van der Waals surface area contributed by atoms with Gasteiger partial charge in [0.05, 0.1) is 11.5 Å². The van der Waals surface area contributed by atoms with Crippen LogP contribution in [0.3, 0.4) is 0 Å². The molecule has 1 aromatic rings. The number of hydrogen-bond acceptors (Lipinski definition) is 4. The van der Waals surface area contributed by atoms with Crippen LogP contribution >= 0.6 is 0 Å². The lowest BCUT2D eigenvalue weighted by molar-refractivity contribution is -0.175. The van der Waals surface area contributed by atoms with Gasteiger partial charge in [-0.2, -0.15) is 13.2 Å². The minimum absolute atomic E-state index is 0.0758. The molecule has 0 spiro atoms. The molecule has 0 saturated carbocycles. The summed E-state index contributed by atoms with van der Waals surface area (Å²) in [6, 6.07) is 5.18. The van der Waals surface area contributed by atoms with Gasteiger partial charge in [-0.05, 0) is 24.3 Å². The van der Waals surface area contributed by atoms with Crippen LogP contribution in [0.2, 0.25) is 0 Å². The minimum Gasteiger partial charge on any atom is -0.491 e. The molecule has 19 heavy (non-hydrogen) atoms. The fraction of sp³-hybridized carbons (Fsp3) is 0.400. The van der Waals surface area contributed by atoms with Crippen LogP contribution in [-0.2, 0) is 14.8 Å². The van der Waals surface area contributed by atoms with E-state index in [0.29, 0.717) is 5.75 Å². The summed E-state index contributed by atoms with van der Waals surface area (Å²) in [6.07, 6.45) is -4.36. The lowest BCUT2D eigenvalue weighted by Gasteiger charge is -2.09. The first kappa shape index (κ1) is 15.7. The van der Waals surface area contributed by atoms with E-state index in [1.54, 1.807) is 0 Å². The van der Waals surface area contributed by atoms with Crippen molar-refractivity contribution >= 4 is 10.0 Å². The molecule has 0 heterocycles. The number of nitrogens with two attached hydrogens (primary N) is 1. The number of alkyl halides is 3. The summed E-state index contributed by atoms with van der Waals surface area (Å²) in [4.78, 5) is -0.0758. The van der Waals surface area contributed by atoms with Crippen molar-refractivity contribution in [2.75, 3.05) is 19.8 Å². The van der Waals surface area contributed by atoms with E-state index in [-0.39, 0.29) is 18.1 Å². The zero-order chi connectivity index (χ0) is 14.5. The number of halogens is 3. The molecule has 0 amide bonds. The Labute approximate surface area is 108 Å². The van der Waals surface area contributed by atoms with Crippen molar-refractivity contribution in [1.82, 2.24) is 0 Å². The summed E-state index contributed by atoms with van der Waals surface area (Å²) in [5, 5.41) is 4.89. The van der Waals surface area contributed by atoms with E-state index in [1.165, 1.54) is 24.3 Å². The predicted octanol–water partition coefficient (Wildman–Crippen LogP) is 1.29. The average Bonchev–Trinajstić information content (AvgIpc) is 2.26. The Morgan fingerprint density at radius 3 is 2.16 bits per heavy atom. The second kappa shape index (κ2) is 6.22. The molecule has 0 aliphatic carbocycles. The van der Waals surface area contributed by atoms with Crippen LogP contribution in [0.5, 0.6) is 5.75 Å². The highest BCUT2D eigenvalue weighted by Crippen LogP contribution is 2.16. The molecule has 0 saturated heterocycles. The highest BCUT2D eigenvalue weighted by Gasteiger charge is 2.27. The SMILES string of the molecule is NS(=O)(=O)c1ccc(OCCOCC(F)(F)F)cc1. The highest BCUT2D eigenvalue weighted by atomic mass is 32.2. The normalized spacial score (nSPS) is 12.4. The van der Waals surface area contributed by atoms with Crippen LogP contribution in [0.15, 0.2) is 29.2 Å². The van der Waals surface area contributed by atoms with Gasteiger partial charge in [0.2, 0.25) is 10.0 Å². The van der Waals surface area contributed by atoms with Gasteiger partial charge < -0.3 is 9.47 Å². The summed E-state index contributed by atoms with van der Waals surface area (Å²) in [5.74, 6) is 0.308. The molecule has 0 aliphatic heterocycles. The molecule has 0 atom stereocenters. The zero-order valence-corrected chi connectivity index (χ0v) is 10.5. The Balaban J connectivity index is 2.35. The number of primary sulfonamides is 1. The van der Waals surface area contributed by atoms with E-state index in [4.69, 9.17) is 9.88 Å². The second-order valence-electron chi connectivity index (χ2n) is 3.53. The molecule has 2 N–H and O–H groups in total. The summed E-state index contributed by atoms with van der Waals surface area (Å²) in [6.45, 7) is -1.64. The van der Waals surface area contributed by atoms with Gasteiger partial charge in [-0.3, -0.25) is 0 Å². The van der Waals surface area contributed by atoms with Crippen molar-refractivity contribution in [1.29, 1.82) is 0 Å². The Morgan fingerprint density at radius 1 is 1.11 bits per heavy atom. The summed E-state index contributed by atoms with van der Waals surface area (Å²) >= 11 is 0. The van der Waals surface area contributed by atoms with E-state index in [2.05, 4.69) is 4.74 Å². The highest BCUT2D eigenvalue weighted by molar-refractivity contribution is 7.89. The lowest BCUT2D eigenvalue weighted by atomic mass is 10.3. The molecular formula is C10H12F3NO4S. The molecule has 5 nitrogen and oxygen atoms in total.